The van der Waals surface area contributed by atoms with Crippen LogP contribution in [0.25, 0.3) is 0 Å². The Labute approximate surface area is 117 Å². The Morgan fingerprint density at radius 1 is 1.50 bits per heavy atom. The summed E-state index contributed by atoms with van der Waals surface area (Å²) in [5.74, 6) is -0.720. The van der Waals surface area contributed by atoms with E-state index in [2.05, 4.69) is 10.0 Å². The first-order valence-corrected chi connectivity index (χ1v) is 7.86. The van der Waals surface area contributed by atoms with Crippen molar-refractivity contribution in [3.05, 3.63) is 29.6 Å². The van der Waals surface area contributed by atoms with Crippen LogP contribution in [0.3, 0.4) is 0 Å². The molecule has 5 nitrogen and oxygen atoms in total. The van der Waals surface area contributed by atoms with Crippen molar-refractivity contribution in [1.82, 2.24) is 10.0 Å². The third-order valence-corrected chi connectivity index (χ3v) is 4.83. The first-order chi connectivity index (χ1) is 9.42. The average Bonchev–Trinajstić information content (AvgIpc) is 2.38. The van der Waals surface area contributed by atoms with Gasteiger partial charge in [0.25, 0.3) is 0 Å². The largest absolute Gasteiger partial charge is 0.314 e. The summed E-state index contributed by atoms with van der Waals surface area (Å²) in [5.41, 5.74) is -0.272. The lowest BCUT2D eigenvalue weighted by molar-refractivity contribution is 0.361. The van der Waals surface area contributed by atoms with Crippen molar-refractivity contribution >= 4 is 10.0 Å². The van der Waals surface area contributed by atoms with Crippen LogP contribution in [0.5, 0.6) is 0 Å². The fourth-order valence-corrected chi connectivity index (χ4v) is 3.59. The standard InChI is InChI=1S/C13H16FN3O2S/c1-9-6-11(4-5-16-9)17-20(18,19)12-2-3-13(14)10(7-12)8-15/h2-3,7,9,11,16-17H,4-6H2,1H3. The van der Waals surface area contributed by atoms with Crippen molar-refractivity contribution in [3.8, 4) is 6.07 Å². The number of nitrogens with one attached hydrogen (secondary N) is 2. The minimum atomic E-state index is -3.73. The van der Waals surface area contributed by atoms with Crippen LogP contribution >= 0.6 is 0 Å². The Bertz CT molecular complexity index is 640. The Kier molecular flexibility index (Phi) is 4.38. The Balaban J connectivity index is 2.20. The molecule has 1 heterocycles. The molecule has 1 aromatic rings. The highest BCUT2D eigenvalue weighted by atomic mass is 32.2. The van der Waals surface area contributed by atoms with Gasteiger partial charge in [0.1, 0.15) is 11.9 Å². The fraction of sp³-hybridized carbons (Fsp3) is 0.462. The number of hydrogen-bond donors (Lipinski definition) is 2. The van der Waals surface area contributed by atoms with Crippen LogP contribution in [0.1, 0.15) is 25.3 Å². The smallest absolute Gasteiger partial charge is 0.240 e. The molecule has 108 valence electrons. The summed E-state index contributed by atoms with van der Waals surface area (Å²) in [6.45, 7) is 2.74. The third-order valence-electron chi connectivity index (χ3n) is 3.31. The number of benzene rings is 1. The minimum Gasteiger partial charge on any atom is -0.314 e. The van der Waals surface area contributed by atoms with E-state index >= 15 is 0 Å². The van der Waals surface area contributed by atoms with Crippen LogP contribution in [-0.2, 0) is 10.0 Å². The molecule has 0 spiro atoms. The van der Waals surface area contributed by atoms with E-state index in [4.69, 9.17) is 5.26 Å². The van der Waals surface area contributed by atoms with Crippen molar-refractivity contribution in [2.45, 2.75) is 36.7 Å². The molecule has 0 bridgehead atoms. The van der Waals surface area contributed by atoms with Crippen molar-refractivity contribution in [2.24, 2.45) is 0 Å². The maximum Gasteiger partial charge on any atom is 0.240 e. The summed E-state index contributed by atoms with van der Waals surface area (Å²) in [6, 6.07) is 4.97. The third kappa shape index (κ3) is 3.33. The van der Waals surface area contributed by atoms with E-state index in [1.807, 2.05) is 6.92 Å². The predicted octanol–water partition coefficient (Wildman–Crippen LogP) is 1.12. The molecule has 1 aromatic carbocycles. The number of nitrogens with zero attached hydrogens (tertiary/aromatic N) is 1. The van der Waals surface area contributed by atoms with Gasteiger partial charge in [0.2, 0.25) is 10.0 Å². The first-order valence-electron chi connectivity index (χ1n) is 6.38. The van der Waals surface area contributed by atoms with Gasteiger partial charge in [0.05, 0.1) is 10.5 Å². The van der Waals surface area contributed by atoms with E-state index in [0.29, 0.717) is 12.8 Å². The minimum absolute atomic E-state index is 0.0818. The summed E-state index contributed by atoms with van der Waals surface area (Å²) >= 11 is 0. The van der Waals surface area contributed by atoms with Crippen LogP contribution in [0.15, 0.2) is 23.1 Å². The van der Waals surface area contributed by atoms with Gasteiger partial charge in [-0.3, -0.25) is 0 Å². The van der Waals surface area contributed by atoms with Gasteiger partial charge in [-0.25, -0.2) is 17.5 Å². The molecule has 7 heteroatoms. The molecule has 0 radical (unpaired) electrons. The lowest BCUT2D eigenvalue weighted by atomic mass is 10.0. The Hall–Kier alpha value is -1.49. The van der Waals surface area contributed by atoms with Crippen molar-refractivity contribution in [3.63, 3.8) is 0 Å². The topological polar surface area (TPSA) is 82.0 Å². The zero-order valence-corrected chi connectivity index (χ0v) is 11.9. The van der Waals surface area contributed by atoms with Crippen molar-refractivity contribution < 1.29 is 12.8 Å². The molecule has 0 amide bonds. The van der Waals surface area contributed by atoms with Gasteiger partial charge in [-0.1, -0.05) is 0 Å². The molecule has 1 saturated heterocycles. The number of rotatable bonds is 3. The average molecular weight is 297 g/mol. The molecule has 20 heavy (non-hydrogen) atoms. The first kappa shape index (κ1) is 14.9. The molecule has 0 aromatic heterocycles. The van der Waals surface area contributed by atoms with Crippen molar-refractivity contribution in [1.29, 1.82) is 5.26 Å². The molecule has 1 aliphatic heterocycles. The SMILES string of the molecule is CC1CC(NS(=O)(=O)c2ccc(F)c(C#N)c2)CCN1. The zero-order chi connectivity index (χ0) is 14.8. The van der Waals surface area contributed by atoms with Gasteiger partial charge in [0, 0.05) is 12.1 Å². The maximum atomic E-state index is 13.2. The molecule has 1 aliphatic rings. The summed E-state index contributed by atoms with van der Waals surface area (Å²) in [6.07, 6.45) is 1.40. The Morgan fingerprint density at radius 3 is 2.90 bits per heavy atom. The number of halogens is 1. The van der Waals surface area contributed by atoms with Crippen LogP contribution in [0.2, 0.25) is 0 Å². The quantitative estimate of drug-likeness (QED) is 0.876. The monoisotopic (exact) mass is 297 g/mol. The lowest BCUT2D eigenvalue weighted by Gasteiger charge is -2.28. The highest BCUT2D eigenvalue weighted by Crippen LogP contribution is 2.17. The van der Waals surface area contributed by atoms with Crippen LogP contribution in [0, 0.1) is 17.1 Å². The highest BCUT2D eigenvalue weighted by molar-refractivity contribution is 7.89. The molecule has 0 saturated carbocycles. The van der Waals surface area contributed by atoms with E-state index in [-0.39, 0.29) is 22.5 Å². The molecule has 2 unspecified atom stereocenters. The highest BCUT2D eigenvalue weighted by Gasteiger charge is 2.24. The lowest BCUT2D eigenvalue weighted by Crippen LogP contribution is -2.46. The molecular formula is C13H16FN3O2S. The molecule has 2 N–H and O–H groups in total. The van der Waals surface area contributed by atoms with Gasteiger partial charge >= 0.3 is 0 Å². The van der Waals surface area contributed by atoms with Crippen LogP contribution in [-0.4, -0.2) is 27.0 Å². The molecule has 2 atom stereocenters. The summed E-state index contributed by atoms with van der Waals surface area (Å²) in [5, 5.41) is 12.0. The van der Waals surface area contributed by atoms with E-state index in [1.165, 1.54) is 6.07 Å². The maximum absolute atomic E-state index is 13.2. The zero-order valence-electron chi connectivity index (χ0n) is 11.1. The number of piperidine rings is 1. The molecular weight excluding hydrogens is 281 g/mol. The van der Waals surface area contributed by atoms with Gasteiger partial charge < -0.3 is 5.32 Å². The van der Waals surface area contributed by atoms with E-state index in [9.17, 15) is 12.8 Å². The summed E-state index contributed by atoms with van der Waals surface area (Å²) < 4.78 is 40.3. The predicted molar refractivity (Wildman–Crippen MR) is 71.9 cm³/mol. The number of sulfonamides is 1. The van der Waals surface area contributed by atoms with Gasteiger partial charge in [-0.2, -0.15) is 5.26 Å². The van der Waals surface area contributed by atoms with Gasteiger partial charge in [-0.15, -0.1) is 0 Å². The number of nitriles is 1. The second-order valence-corrected chi connectivity index (χ2v) is 6.67. The molecule has 1 fully saturated rings. The summed E-state index contributed by atoms with van der Waals surface area (Å²) in [4.78, 5) is -0.0818. The van der Waals surface area contributed by atoms with Gasteiger partial charge in [0.15, 0.2) is 0 Å². The normalized spacial score (nSPS) is 23.2. The van der Waals surface area contributed by atoms with Gasteiger partial charge in [-0.05, 0) is 44.5 Å². The molecule has 0 aliphatic carbocycles. The second kappa shape index (κ2) is 5.87. The second-order valence-electron chi connectivity index (χ2n) is 4.95. The van der Waals surface area contributed by atoms with E-state index in [0.717, 1.165) is 18.7 Å². The van der Waals surface area contributed by atoms with Crippen LogP contribution < -0.4 is 10.0 Å². The van der Waals surface area contributed by atoms with E-state index < -0.39 is 15.8 Å². The fourth-order valence-electron chi connectivity index (χ4n) is 2.28. The van der Waals surface area contributed by atoms with Crippen molar-refractivity contribution in [2.75, 3.05) is 6.54 Å². The molecule has 2 rings (SSSR count). The summed E-state index contributed by atoms with van der Waals surface area (Å²) in [7, 11) is -3.73. The Morgan fingerprint density at radius 2 is 2.25 bits per heavy atom. The number of hydrogen-bond acceptors (Lipinski definition) is 4. The van der Waals surface area contributed by atoms with Crippen LogP contribution in [0.4, 0.5) is 4.39 Å². The van der Waals surface area contributed by atoms with E-state index in [1.54, 1.807) is 6.07 Å².